The van der Waals surface area contributed by atoms with Crippen LogP contribution in [0.25, 0.3) is 5.69 Å². The van der Waals surface area contributed by atoms with Crippen LogP contribution in [0.1, 0.15) is 27.6 Å². The highest BCUT2D eigenvalue weighted by atomic mass is 35.5. The second kappa shape index (κ2) is 7.28. The zero-order valence-electron chi connectivity index (χ0n) is 13.2. The molecule has 134 valence electrons. The predicted octanol–water partition coefficient (Wildman–Crippen LogP) is 2.41. The van der Waals surface area contributed by atoms with Gasteiger partial charge in [-0.15, -0.1) is 10.2 Å². The molecular weight excluding hydrogens is 368 g/mol. The summed E-state index contributed by atoms with van der Waals surface area (Å²) in [4.78, 5) is 12.8. The van der Waals surface area contributed by atoms with Gasteiger partial charge < -0.3 is 10.2 Å². The molecule has 26 heavy (non-hydrogen) atoms. The van der Waals surface area contributed by atoms with Crippen molar-refractivity contribution in [2.24, 2.45) is 0 Å². The molecule has 3 rings (SSSR count). The molecule has 1 aromatic heterocycles. The summed E-state index contributed by atoms with van der Waals surface area (Å²) in [5.74, 6) is -2.90. The van der Waals surface area contributed by atoms with E-state index in [0.717, 1.165) is 18.2 Å². The van der Waals surface area contributed by atoms with Crippen LogP contribution in [-0.2, 0) is 13.2 Å². The highest BCUT2D eigenvalue weighted by Crippen LogP contribution is 2.26. The molecule has 0 aliphatic rings. The number of rotatable bonds is 5. The molecule has 0 radical (unpaired) electrons. The third kappa shape index (κ3) is 3.10. The SMILES string of the molecule is O=C(c1cc(Cl)ccc1-n1c(CO)nnc1CO)c1c(F)cccc1F. The minimum absolute atomic E-state index is 0.0411. The Bertz CT molecular complexity index is 950. The number of hydrogen-bond acceptors (Lipinski definition) is 5. The topological polar surface area (TPSA) is 88.2 Å². The number of carbonyl (C=O) groups is 1. The summed E-state index contributed by atoms with van der Waals surface area (Å²) in [5, 5.41) is 26.5. The van der Waals surface area contributed by atoms with Gasteiger partial charge in [-0.3, -0.25) is 9.36 Å². The van der Waals surface area contributed by atoms with Crippen LogP contribution in [0, 0.1) is 11.6 Å². The third-order valence-corrected chi connectivity index (χ3v) is 3.95. The molecule has 3 aromatic rings. The lowest BCUT2D eigenvalue weighted by atomic mass is 10.00. The Labute approximate surface area is 151 Å². The van der Waals surface area contributed by atoms with Crippen molar-refractivity contribution < 1.29 is 23.8 Å². The first kappa shape index (κ1) is 18.1. The van der Waals surface area contributed by atoms with Crippen molar-refractivity contribution in [3.05, 3.63) is 75.8 Å². The van der Waals surface area contributed by atoms with Gasteiger partial charge in [-0.1, -0.05) is 17.7 Å². The zero-order valence-corrected chi connectivity index (χ0v) is 13.9. The van der Waals surface area contributed by atoms with E-state index in [4.69, 9.17) is 11.6 Å². The van der Waals surface area contributed by atoms with Gasteiger partial charge >= 0.3 is 0 Å². The molecule has 0 aliphatic heterocycles. The number of aromatic nitrogens is 3. The lowest BCUT2D eigenvalue weighted by Crippen LogP contribution is -2.14. The monoisotopic (exact) mass is 379 g/mol. The van der Waals surface area contributed by atoms with Crippen molar-refractivity contribution in [1.82, 2.24) is 14.8 Å². The summed E-state index contributed by atoms with van der Waals surface area (Å²) >= 11 is 5.96. The Morgan fingerprint density at radius 1 is 1.04 bits per heavy atom. The van der Waals surface area contributed by atoms with Crippen LogP contribution in [-0.4, -0.2) is 30.8 Å². The van der Waals surface area contributed by atoms with E-state index in [1.54, 1.807) is 0 Å². The van der Waals surface area contributed by atoms with Gasteiger partial charge in [0.1, 0.15) is 24.8 Å². The van der Waals surface area contributed by atoms with Crippen LogP contribution in [0.3, 0.4) is 0 Å². The fourth-order valence-corrected chi connectivity index (χ4v) is 2.74. The lowest BCUT2D eigenvalue weighted by Gasteiger charge is -2.14. The zero-order chi connectivity index (χ0) is 18.8. The van der Waals surface area contributed by atoms with E-state index in [2.05, 4.69) is 10.2 Å². The molecule has 0 bridgehead atoms. The van der Waals surface area contributed by atoms with Gasteiger partial charge in [-0.2, -0.15) is 0 Å². The van der Waals surface area contributed by atoms with Gasteiger partial charge in [0.2, 0.25) is 5.78 Å². The van der Waals surface area contributed by atoms with Crippen LogP contribution >= 0.6 is 11.6 Å². The molecule has 9 heteroatoms. The first-order valence-electron chi connectivity index (χ1n) is 7.41. The number of hydrogen-bond donors (Lipinski definition) is 2. The summed E-state index contributed by atoms with van der Waals surface area (Å²) in [6.07, 6.45) is 0. The van der Waals surface area contributed by atoms with E-state index >= 15 is 0 Å². The molecule has 0 fully saturated rings. The maximum Gasteiger partial charge on any atom is 0.201 e. The highest BCUT2D eigenvalue weighted by molar-refractivity contribution is 6.31. The summed E-state index contributed by atoms with van der Waals surface area (Å²) in [6, 6.07) is 7.19. The molecule has 0 aliphatic carbocycles. The number of halogens is 3. The summed E-state index contributed by atoms with van der Waals surface area (Å²) < 4.78 is 29.3. The fourth-order valence-electron chi connectivity index (χ4n) is 2.57. The molecule has 0 saturated heterocycles. The molecule has 2 aromatic carbocycles. The molecule has 0 saturated carbocycles. The maximum atomic E-state index is 14.0. The van der Waals surface area contributed by atoms with Gasteiger partial charge in [0.05, 0.1) is 11.3 Å². The predicted molar refractivity (Wildman–Crippen MR) is 88.0 cm³/mol. The van der Waals surface area contributed by atoms with E-state index in [1.165, 1.54) is 22.8 Å². The van der Waals surface area contributed by atoms with Gasteiger partial charge in [0.15, 0.2) is 11.6 Å². The Balaban J connectivity index is 2.26. The number of nitrogens with zero attached hydrogens (tertiary/aromatic N) is 3. The smallest absolute Gasteiger partial charge is 0.201 e. The standard InChI is InChI=1S/C17H12ClF2N3O3/c18-9-4-5-13(23-14(7-24)21-22-15(23)8-25)10(6-9)17(26)16-11(19)2-1-3-12(16)20/h1-6,24-25H,7-8H2. The van der Waals surface area contributed by atoms with Crippen LogP contribution < -0.4 is 0 Å². The second-order valence-corrected chi connectivity index (χ2v) is 5.71. The van der Waals surface area contributed by atoms with Crippen molar-refractivity contribution in [2.75, 3.05) is 0 Å². The maximum absolute atomic E-state index is 14.0. The molecule has 6 nitrogen and oxygen atoms in total. The summed E-state index contributed by atoms with van der Waals surface area (Å²) in [6.45, 7) is -1.06. The Kier molecular flexibility index (Phi) is 5.08. The van der Waals surface area contributed by atoms with E-state index in [1.807, 2.05) is 0 Å². The van der Waals surface area contributed by atoms with Crippen LogP contribution in [0.5, 0.6) is 0 Å². The van der Waals surface area contributed by atoms with Crippen molar-refractivity contribution in [2.45, 2.75) is 13.2 Å². The minimum atomic E-state index is -1.02. The summed E-state index contributed by atoms with van der Waals surface area (Å²) in [5.41, 5.74) is -0.744. The number of carbonyl (C=O) groups excluding carboxylic acids is 1. The van der Waals surface area contributed by atoms with Gasteiger partial charge in [-0.05, 0) is 30.3 Å². The minimum Gasteiger partial charge on any atom is -0.388 e. The summed E-state index contributed by atoms with van der Waals surface area (Å²) in [7, 11) is 0. The van der Waals surface area contributed by atoms with E-state index in [0.29, 0.717) is 0 Å². The highest BCUT2D eigenvalue weighted by Gasteiger charge is 2.24. The van der Waals surface area contributed by atoms with Gasteiger partial charge in [0.25, 0.3) is 0 Å². The molecular formula is C17H12ClF2N3O3. The molecule has 0 unspecified atom stereocenters. The Hall–Kier alpha value is -2.68. The fraction of sp³-hybridized carbons (Fsp3) is 0.118. The molecule has 0 amide bonds. The first-order chi connectivity index (χ1) is 12.5. The second-order valence-electron chi connectivity index (χ2n) is 5.27. The van der Waals surface area contributed by atoms with E-state index < -0.39 is 36.2 Å². The lowest BCUT2D eigenvalue weighted by molar-refractivity contribution is 0.103. The molecule has 0 atom stereocenters. The Morgan fingerprint density at radius 2 is 1.62 bits per heavy atom. The van der Waals surface area contributed by atoms with Gasteiger partial charge in [-0.25, -0.2) is 8.78 Å². The van der Waals surface area contributed by atoms with Crippen molar-refractivity contribution >= 4 is 17.4 Å². The third-order valence-electron chi connectivity index (χ3n) is 3.71. The number of aliphatic hydroxyl groups excluding tert-OH is 2. The van der Waals surface area contributed by atoms with Gasteiger partial charge in [0, 0.05) is 10.6 Å². The number of ketones is 1. The quantitative estimate of drug-likeness (QED) is 0.665. The van der Waals surface area contributed by atoms with Crippen LogP contribution in [0.4, 0.5) is 8.78 Å². The van der Waals surface area contributed by atoms with E-state index in [-0.39, 0.29) is 27.9 Å². The van der Waals surface area contributed by atoms with Crippen molar-refractivity contribution in [1.29, 1.82) is 0 Å². The molecule has 0 spiro atoms. The van der Waals surface area contributed by atoms with Crippen LogP contribution in [0.15, 0.2) is 36.4 Å². The average Bonchev–Trinajstić information content (AvgIpc) is 3.04. The number of benzene rings is 2. The largest absolute Gasteiger partial charge is 0.388 e. The molecule has 2 N–H and O–H groups in total. The first-order valence-corrected chi connectivity index (χ1v) is 7.79. The van der Waals surface area contributed by atoms with Crippen molar-refractivity contribution in [3.8, 4) is 5.69 Å². The van der Waals surface area contributed by atoms with E-state index in [9.17, 15) is 23.8 Å². The molecule has 1 heterocycles. The normalized spacial score (nSPS) is 11.0. The van der Waals surface area contributed by atoms with Crippen molar-refractivity contribution in [3.63, 3.8) is 0 Å². The Morgan fingerprint density at radius 3 is 2.15 bits per heavy atom. The average molecular weight is 380 g/mol. The van der Waals surface area contributed by atoms with Crippen LogP contribution in [0.2, 0.25) is 5.02 Å². The number of aliphatic hydroxyl groups is 2.